The summed E-state index contributed by atoms with van der Waals surface area (Å²) in [7, 11) is 0. The first-order chi connectivity index (χ1) is 7.10. The molecule has 0 aromatic carbocycles. The van der Waals surface area contributed by atoms with Crippen molar-refractivity contribution in [1.29, 1.82) is 0 Å². The van der Waals surface area contributed by atoms with Gasteiger partial charge in [-0.25, -0.2) is 0 Å². The third kappa shape index (κ3) is 6.44. The summed E-state index contributed by atoms with van der Waals surface area (Å²) in [6.07, 6.45) is 5.15. The Kier molecular flexibility index (Phi) is 8.57. The zero-order chi connectivity index (χ0) is 11.7. The minimum atomic E-state index is -2.48. The molecule has 15 heavy (non-hydrogen) atoms. The normalized spacial score (nSPS) is 11.5. The van der Waals surface area contributed by atoms with Crippen LogP contribution in [-0.4, -0.2) is 24.8 Å². The summed E-state index contributed by atoms with van der Waals surface area (Å²) in [4.78, 5) is 11.1. The van der Waals surface area contributed by atoms with Crippen molar-refractivity contribution in [3.63, 3.8) is 0 Å². The molecule has 0 spiro atoms. The quantitative estimate of drug-likeness (QED) is 0.497. The van der Waals surface area contributed by atoms with Crippen LogP contribution in [0.25, 0.3) is 0 Å². The molecule has 90 valence electrons. The van der Waals surface area contributed by atoms with Crippen molar-refractivity contribution in [3.8, 4) is 0 Å². The van der Waals surface area contributed by atoms with Gasteiger partial charge in [-0.15, -0.1) is 0 Å². The fourth-order valence-corrected chi connectivity index (χ4v) is 10.8. The van der Waals surface area contributed by atoms with Crippen LogP contribution in [0.2, 0.25) is 13.3 Å². The number of hydrogen-bond acceptors (Lipinski definition) is 2. The molecule has 0 atom stereocenters. The van der Waals surface area contributed by atoms with Crippen LogP contribution in [0.4, 0.5) is 0 Å². The molecule has 0 radical (unpaired) electrons. The SMILES string of the molecule is CCCCC[CH2][Sn]([CH2]C)([CH2]C)[O]C(C)=O. The second kappa shape index (κ2) is 8.42. The van der Waals surface area contributed by atoms with Gasteiger partial charge in [0.2, 0.25) is 0 Å². The molecule has 0 amide bonds. The van der Waals surface area contributed by atoms with Gasteiger partial charge in [0.1, 0.15) is 0 Å². The van der Waals surface area contributed by atoms with Crippen molar-refractivity contribution in [1.82, 2.24) is 0 Å². The molecule has 0 unspecified atom stereocenters. The average Bonchev–Trinajstić information content (AvgIpc) is 2.22. The van der Waals surface area contributed by atoms with E-state index in [0.717, 1.165) is 8.87 Å². The van der Waals surface area contributed by atoms with Crippen LogP contribution >= 0.6 is 0 Å². The van der Waals surface area contributed by atoms with Gasteiger partial charge < -0.3 is 0 Å². The van der Waals surface area contributed by atoms with Crippen LogP contribution in [0.1, 0.15) is 53.4 Å². The van der Waals surface area contributed by atoms with E-state index in [0.29, 0.717) is 0 Å². The summed E-state index contributed by atoms with van der Waals surface area (Å²) >= 11 is -2.48. The summed E-state index contributed by atoms with van der Waals surface area (Å²) < 4.78 is 9.18. The van der Waals surface area contributed by atoms with Gasteiger partial charge in [0.25, 0.3) is 0 Å². The average molecular weight is 321 g/mol. The van der Waals surface area contributed by atoms with Crippen LogP contribution < -0.4 is 0 Å². The van der Waals surface area contributed by atoms with Gasteiger partial charge in [-0.3, -0.25) is 0 Å². The molecular formula is C12H26O2Sn. The second-order valence-electron chi connectivity index (χ2n) is 4.29. The maximum absolute atomic E-state index is 11.1. The van der Waals surface area contributed by atoms with Crippen molar-refractivity contribution >= 4 is 24.8 Å². The van der Waals surface area contributed by atoms with Crippen molar-refractivity contribution in [2.24, 2.45) is 0 Å². The molecule has 0 saturated heterocycles. The van der Waals surface area contributed by atoms with Crippen LogP contribution in [0.5, 0.6) is 0 Å². The van der Waals surface area contributed by atoms with Crippen LogP contribution in [-0.2, 0) is 7.87 Å². The molecule has 0 aromatic heterocycles. The molecule has 0 saturated carbocycles. The van der Waals surface area contributed by atoms with Crippen LogP contribution in [0.15, 0.2) is 0 Å². The molecular weight excluding hydrogens is 295 g/mol. The Morgan fingerprint density at radius 1 is 1.07 bits per heavy atom. The molecule has 0 aliphatic heterocycles. The molecule has 0 heterocycles. The molecule has 3 heteroatoms. The molecule has 0 rings (SSSR count). The number of hydrogen-bond donors (Lipinski definition) is 0. The molecule has 0 aromatic rings. The van der Waals surface area contributed by atoms with E-state index in [9.17, 15) is 4.79 Å². The van der Waals surface area contributed by atoms with Gasteiger partial charge in [-0.05, 0) is 0 Å². The number of carbonyl (C=O) groups excluding carboxylic acids is 1. The van der Waals surface area contributed by atoms with Gasteiger partial charge in [0, 0.05) is 0 Å². The van der Waals surface area contributed by atoms with Gasteiger partial charge >= 0.3 is 99.3 Å². The third-order valence-corrected chi connectivity index (χ3v) is 16.2. The predicted octanol–water partition coefficient (Wildman–Crippen LogP) is 4.12. The van der Waals surface area contributed by atoms with Crippen molar-refractivity contribution in [2.45, 2.75) is 66.7 Å². The maximum atomic E-state index is 11.1. The Labute approximate surface area is 99.2 Å². The number of rotatable bonds is 8. The molecule has 0 fully saturated rings. The first kappa shape index (κ1) is 15.3. The van der Waals surface area contributed by atoms with Crippen molar-refractivity contribution in [2.75, 3.05) is 0 Å². The molecule has 2 nitrogen and oxygen atoms in total. The second-order valence-corrected chi connectivity index (χ2v) is 17.1. The van der Waals surface area contributed by atoms with E-state index >= 15 is 0 Å². The Morgan fingerprint density at radius 2 is 1.67 bits per heavy atom. The van der Waals surface area contributed by atoms with E-state index in [-0.39, 0.29) is 5.97 Å². The Morgan fingerprint density at radius 3 is 2.07 bits per heavy atom. The zero-order valence-electron chi connectivity index (χ0n) is 10.8. The summed E-state index contributed by atoms with van der Waals surface area (Å²) in [5.41, 5.74) is 0. The fraction of sp³-hybridized carbons (Fsp3) is 0.917. The predicted molar refractivity (Wildman–Crippen MR) is 67.4 cm³/mol. The van der Waals surface area contributed by atoms with E-state index in [1.807, 2.05) is 0 Å². The molecule has 0 aliphatic carbocycles. The Balaban J connectivity index is 4.05. The summed E-state index contributed by atoms with van der Waals surface area (Å²) in [6.45, 7) is 8.18. The number of carbonyl (C=O) groups is 1. The number of unbranched alkanes of at least 4 members (excludes halogenated alkanes) is 3. The van der Waals surface area contributed by atoms with Crippen LogP contribution in [0.3, 0.4) is 0 Å². The van der Waals surface area contributed by atoms with Crippen LogP contribution in [0, 0.1) is 0 Å². The molecule has 0 N–H and O–H groups in total. The van der Waals surface area contributed by atoms with Gasteiger partial charge in [-0.1, -0.05) is 0 Å². The standard InChI is InChI=1S/C6H13.C2H4O2.2C2H5.Sn/c1-3-5-6-4-2;1-2(3)4;2*1-2;/h1,3-6H2,2H3;1H3,(H,3,4);2*1H2,2H3;/q;;;;+1/p-1. The van der Waals surface area contributed by atoms with Crippen molar-refractivity contribution in [3.05, 3.63) is 0 Å². The van der Waals surface area contributed by atoms with E-state index in [1.54, 1.807) is 6.92 Å². The minimum absolute atomic E-state index is 0.0509. The van der Waals surface area contributed by atoms with E-state index in [1.165, 1.54) is 30.1 Å². The van der Waals surface area contributed by atoms with Gasteiger partial charge in [-0.2, -0.15) is 0 Å². The summed E-state index contributed by atoms with van der Waals surface area (Å²) in [6, 6.07) is 0. The first-order valence-corrected chi connectivity index (χ1v) is 13.5. The topological polar surface area (TPSA) is 26.3 Å². The fourth-order valence-electron chi connectivity index (χ4n) is 1.98. The van der Waals surface area contributed by atoms with Gasteiger partial charge in [0.15, 0.2) is 0 Å². The van der Waals surface area contributed by atoms with E-state index in [4.69, 9.17) is 3.07 Å². The summed E-state index contributed by atoms with van der Waals surface area (Å²) in [5, 5.41) is 0. The Hall–Kier alpha value is 0.269. The molecule has 0 bridgehead atoms. The van der Waals surface area contributed by atoms with Gasteiger partial charge in [0.05, 0.1) is 0 Å². The van der Waals surface area contributed by atoms with E-state index < -0.39 is 18.8 Å². The molecule has 0 aliphatic rings. The zero-order valence-corrected chi connectivity index (χ0v) is 13.6. The van der Waals surface area contributed by atoms with Crippen molar-refractivity contribution < 1.29 is 7.87 Å². The monoisotopic (exact) mass is 322 g/mol. The van der Waals surface area contributed by atoms with E-state index in [2.05, 4.69) is 20.8 Å². The third-order valence-electron chi connectivity index (χ3n) is 3.13. The first-order valence-electron chi connectivity index (χ1n) is 6.29. The Bertz CT molecular complexity index is 176. The summed E-state index contributed by atoms with van der Waals surface area (Å²) in [5.74, 6) is -0.0509.